The summed E-state index contributed by atoms with van der Waals surface area (Å²) in [5.41, 5.74) is 3.43. The first kappa shape index (κ1) is 23.3. The van der Waals surface area contributed by atoms with E-state index in [4.69, 9.17) is 4.74 Å². The van der Waals surface area contributed by atoms with E-state index in [0.29, 0.717) is 17.9 Å². The van der Waals surface area contributed by atoms with Gasteiger partial charge in [0, 0.05) is 12.1 Å². The fraction of sp³-hybridized carbons (Fsp3) is 0.241. The predicted octanol–water partition coefficient (Wildman–Crippen LogP) is 5.66. The van der Waals surface area contributed by atoms with Crippen molar-refractivity contribution >= 4 is 17.4 Å². The molecule has 1 N–H and O–H groups in total. The van der Waals surface area contributed by atoms with Gasteiger partial charge < -0.3 is 14.7 Å². The van der Waals surface area contributed by atoms with Gasteiger partial charge in [-0.05, 0) is 53.8 Å². The second-order valence-electron chi connectivity index (χ2n) is 8.38. The Morgan fingerprint density at radius 2 is 1.56 bits per heavy atom. The summed E-state index contributed by atoms with van der Waals surface area (Å²) in [5, 5.41) is 11.2. The molecule has 0 radical (unpaired) electrons. The van der Waals surface area contributed by atoms with Crippen molar-refractivity contribution in [3.05, 3.63) is 107 Å². The number of ketones is 1. The molecule has 1 aliphatic heterocycles. The number of benzene rings is 3. The van der Waals surface area contributed by atoms with Gasteiger partial charge in [-0.15, -0.1) is 0 Å². The summed E-state index contributed by atoms with van der Waals surface area (Å²) in [7, 11) is 0. The second-order valence-corrected chi connectivity index (χ2v) is 8.38. The topological polar surface area (TPSA) is 66.8 Å². The van der Waals surface area contributed by atoms with E-state index in [9.17, 15) is 14.7 Å². The molecule has 1 saturated heterocycles. The van der Waals surface area contributed by atoms with Gasteiger partial charge in [0.25, 0.3) is 11.7 Å². The summed E-state index contributed by atoms with van der Waals surface area (Å²) in [6.07, 6.45) is 1.78. The molecule has 0 bridgehead atoms. The lowest BCUT2D eigenvalue weighted by atomic mass is 9.94. The van der Waals surface area contributed by atoms with Crippen molar-refractivity contribution in [1.29, 1.82) is 0 Å². The molecule has 34 heavy (non-hydrogen) atoms. The van der Waals surface area contributed by atoms with Crippen molar-refractivity contribution in [2.24, 2.45) is 0 Å². The molecule has 3 aromatic rings. The highest BCUT2D eigenvalue weighted by Gasteiger charge is 2.46. The molecule has 1 amide bonds. The first-order chi connectivity index (χ1) is 16.5. The van der Waals surface area contributed by atoms with Gasteiger partial charge in [-0.25, -0.2) is 0 Å². The summed E-state index contributed by atoms with van der Waals surface area (Å²) < 4.78 is 5.62. The number of aliphatic hydroxyl groups excluding tert-OH is 1. The van der Waals surface area contributed by atoms with Crippen molar-refractivity contribution in [1.82, 2.24) is 4.90 Å². The van der Waals surface area contributed by atoms with E-state index in [1.807, 2.05) is 61.5 Å². The highest BCUT2D eigenvalue weighted by Crippen LogP contribution is 2.40. The van der Waals surface area contributed by atoms with Crippen LogP contribution >= 0.6 is 0 Å². The smallest absolute Gasteiger partial charge is 0.295 e. The van der Waals surface area contributed by atoms with E-state index in [-0.39, 0.29) is 17.9 Å². The Bertz CT molecular complexity index is 1180. The van der Waals surface area contributed by atoms with Crippen LogP contribution in [0.2, 0.25) is 0 Å². The van der Waals surface area contributed by atoms with E-state index in [2.05, 4.69) is 6.92 Å². The number of amides is 1. The largest absolute Gasteiger partial charge is 0.507 e. The minimum absolute atomic E-state index is 0.104. The number of Topliss-reactive ketones (excluding diaryl/α,β-unsaturated/α-hetero) is 1. The molecule has 1 atom stereocenters. The summed E-state index contributed by atoms with van der Waals surface area (Å²) >= 11 is 0. The van der Waals surface area contributed by atoms with Gasteiger partial charge in [-0.2, -0.15) is 0 Å². The number of ether oxygens (including phenoxy) is 1. The highest BCUT2D eigenvalue weighted by atomic mass is 16.5. The van der Waals surface area contributed by atoms with Gasteiger partial charge in [-0.3, -0.25) is 9.59 Å². The molecule has 4 rings (SSSR count). The highest BCUT2D eigenvalue weighted by molar-refractivity contribution is 6.46. The fourth-order valence-corrected chi connectivity index (χ4v) is 4.19. The van der Waals surface area contributed by atoms with Crippen molar-refractivity contribution in [3.63, 3.8) is 0 Å². The Morgan fingerprint density at radius 1 is 0.882 bits per heavy atom. The van der Waals surface area contributed by atoms with Crippen LogP contribution in [0.1, 0.15) is 48.6 Å². The minimum Gasteiger partial charge on any atom is -0.507 e. The molecule has 1 heterocycles. The van der Waals surface area contributed by atoms with Gasteiger partial charge in [0.1, 0.15) is 11.5 Å². The Kier molecular flexibility index (Phi) is 7.12. The third-order valence-corrected chi connectivity index (χ3v) is 6.04. The number of hydrogen-bond acceptors (Lipinski definition) is 4. The Morgan fingerprint density at radius 3 is 2.18 bits per heavy atom. The summed E-state index contributed by atoms with van der Waals surface area (Å²) in [6.45, 7) is 4.97. The average molecular weight is 456 g/mol. The molecule has 5 heteroatoms. The maximum absolute atomic E-state index is 13.2. The predicted molar refractivity (Wildman–Crippen MR) is 132 cm³/mol. The average Bonchev–Trinajstić information content (AvgIpc) is 3.13. The van der Waals surface area contributed by atoms with Crippen LogP contribution in [0.25, 0.3) is 5.76 Å². The lowest BCUT2D eigenvalue weighted by Gasteiger charge is -2.25. The molecule has 174 valence electrons. The van der Waals surface area contributed by atoms with E-state index in [1.165, 1.54) is 0 Å². The van der Waals surface area contributed by atoms with Crippen molar-refractivity contribution in [2.45, 2.75) is 39.3 Å². The van der Waals surface area contributed by atoms with Crippen molar-refractivity contribution in [2.75, 3.05) is 6.61 Å². The molecule has 1 aliphatic rings. The molecule has 0 aromatic heterocycles. The third kappa shape index (κ3) is 4.74. The van der Waals surface area contributed by atoms with Crippen molar-refractivity contribution in [3.8, 4) is 5.75 Å². The quantitative estimate of drug-likeness (QED) is 0.270. The molecule has 3 aromatic carbocycles. The van der Waals surface area contributed by atoms with Crippen LogP contribution in [-0.4, -0.2) is 28.3 Å². The summed E-state index contributed by atoms with van der Waals surface area (Å²) in [4.78, 5) is 27.9. The van der Waals surface area contributed by atoms with Crippen LogP contribution in [0.15, 0.2) is 84.4 Å². The summed E-state index contributed by atoms with van der Waals surface area (Å²) in [6, 6.07) is 23.7. The Labute approximate surface area is 200 Å². The molecule has 0 spiro atoms. The number of aryl methyl sites for hydroxylation is 1. The van der Waals surface area contributed by atoms with E-state index >= 15 is 0 Å². The molecule has 0 aliphatic carbocycles. The lowest BCUT2D eigenvalue weighted by molar-refractivity contribution is -0.140. The standard InChI is InChI=1S/C29H29NO4/c1-3-18-34-24-16-14-23(15-17-24)27(31)25-26(22-12-10-20(4-2)11-13-22)30(29(33)28(25)32)19-21-8-6-5-7-9-21/h5-17,26,31H,3-4,18-19H2,1-2H3/b27-25+. The molecule has 1 fully saturated rings. The normalized spacial score (nSPS) is 17.2. The molecular weight excluding hydrogens is 426 g/mol. The van der Waals surface area contributed by atoms with E-state index in [1.54, 1.807) is 29.2 Å². The molecule has 0 saturated carbocycles. The first-order valence-corrected chi connectivity index (χ1v) is 11.7. The minimum atomic E-state index is -0.679. The number of carbonyl (C=O) groups excluding carboxylic acids is 2. The number of aliphatic hydroxyl groups is 1. The van der Waals surface area contributed by atoms with E-state index in [0.717, 1.165) is 29.5 Å². The molecular formula is C29H29NO4. The Hall–Kier alpha value is -3.86. The SMILES string of the molecule is CCCOc1ccc(/C(O)=C2\C(=O)C(=O)N(Cc3ccccc3)C2c2ccc(CC)cc2)cc1. The fourth-order valence-electron chi connectivity index (χ4n) is 4.19. The molecule has 5 nitrogen and oxygen atoms in total. The lowest BCUT2D eigenvalue weighted by Crippen LogP contribution is -2.29. The number of hydrogen-bond donors (Lipinski definition) is 1. The van der Waals surface area contributed by atoms with Crippen LogP contribution in [0.4, 0.5) is 0 Å². The zero-order valence-corrected chi connectivity index (χ0v) is 19.5. The van der Waals surface area contributed by atoms with Crippen LogP contribution in [-0.2, 0) is 22.6 Å². The van der Waals surface area contributed by atoms with Crippen LogP contribution in [0.5, 0.6) is 5.75 Å². The van der Waals surface area contributed by atoms with Crippen LogP contribution in [0.3, 0.4) is 0 Å². The Balaban J connectivity index is 1.78. The summed E-state index contributed by atoms with van der Waals surface area (Å²) in [5.74, 6) is -0.780. The number of carbonyl (C=O) groups is 2. The zero-order chi connectivity index (χ0) is 24.1. The van der Waals surface area contributed by atoms with Crippen LogP contribution < -0.4 is 4.74 Å². The molecule has 1 unspecified atom stereocenters. The van der Waals surface area contributed by atoms with Gasteiger partial charge in [0.15, 0.2) is 0 Å². The van der Waals surface area contributed by atoms with Crippen LogP contribution in [0, 0.1) is 0 Å². The monoisotopic (exact) mass is 455 g/mol. The number of likely N-dealkylation sites (tertiary alicyclic amines) is 1. The second kappa shape index (κ2) is 10.4. The first-order valence-electron chi connectivity index (χ1n) is 11.7. The number of rotatable bonds is 8. The van der Waals surface area contributed by atoms with Gasteiger partial charge in [0.2, 0.25) is 0 Å². The third-order valence-electron chi connectivity index (χ3n) is 6.04. The zero-order valence-electron chi connectivity index (χ0n) is 19.5. The number of nitrogens with zero attached hydrogens (tertiary/aromatic N) is 1. The van der Waals surface area contributed by atoms with Crippen molar-refractivity contribution < 1.29 is 19.4 Å². The maximum atomic E-state index is 13.2. The van der Waals surface area contributed by atoms with Gasteiger partial charge in [-0.1, -0.05) is 68.4 Å². The van der Waals surface area contributed by atoms with E-state index < -0.39 is 17.7 Å². The maximum Gasteiger partial charge on any atom is 0.295 e. The van der Waals surface area contributed by atoms with Gasteiger partial charge in [0.05, 0.1) is 18.2 Å². The van der Waals surface area contributed by atoms with Gasteiger partial charge >= 0.3 is 0 Å².